The quantitative estimate of drug-likeness (QED) is 0.740. The Labute approximate surface area is 103 Å². The number of likely N-dealkylation sites (N-methyl/N-ethyl adjacent to an activating group) is 1. The number of carboxylic acid groups (broad SMARTS) is 1. The highest BCUT2D eigenvalue weighted by atomic mass is 16.4. The Morgan fingerprint density at radius 3 is 2.53 bits per heavy atom. The van der Waals surface area contributed by atoms with Crippen molar-refractivity contribution >= 4 is 5.97 Å². The molecule has 5 nitrogen and oxygen atoms in total. The number of nitrogens with zero attached hydrogens (tertiary/aromatic N) is 3. The van der Waals surface area contributed by atoms with Crippen molar-refractivity contribution in [1.29, 1.82) is 0 Å². The highest BCUT2D eigenvalue weighted by molar-refractivity contribution is 5.69. The van der Waals surface area contributed by atoms with E-state index >= 15 is 0 Å². The summed E-state index contributed by atoms with van der Waals surface area (Å²) in [7, 11) is 2.19. The molecule has 2 saturated heterocycles. The van der Waals surface area contributed by atoms with E-state index in [2.05, 4.69) is 16.8 Å². The zero-order chi connectivity index (χ0) is 12.3. The minimum Gasteiger partial charge on any atom is -0.480 e. The van der Waals surface area contributed by atoms with Crippen LogP contribution in [-0.4, -0.2) is 84.7 Å². The zero-order valence-electron chi connectivity index (χ0n) is 10.6. The molecule has 0 saturated carbocycles. The summed E-state index contributed by atoms with van der Waals surface area (Å²) in [5.41, 5.74) is 0. The summed E-state index contributed by atoms with van der Waals surface area (Å²) < 4.78 is 0. The van der Waals surface area contributed by atoms with Crippen molar-refractivity contribution in [2.45, 2.75) is 18.9 Å². The van der Waals surface area contributed by atoms with E-state index in [1.165, 1.54) is 25.9 Å². The molecule has 2 aliphatic rings. The molecule has 0 amide bonds. The first-order chi connectivity index (χ1) is 8.15. The minimum absolute atomic E-state index is 0.193. The van der Waals surface area contributed by atoms with Gasteiger partial charge in [0.2, 0.25) is 0 Å². The van der Waals surface area contributed by atoms with Crippen LogP contribution >= 0.6 is 0 Å². The molecule has 0 aromatic carbocycles. The van der Waals surface area contributed by atoms with E-state index in [0.717, 1.165) is 26.2 Å². The van der Waals surface area contributed by atoms with Crippen LogP contribution in [0, 0.1) is 0 Å². The first kappa shape index (κ1) is 12.8. The number of carboxylic acids is 1. The van der Waals surface area contributed by atoms with Crippen LogP contribution in [-0.2, 0) is 4.79 Å². The van der Waals surface area contributed by atoms with Crippen LogP contribution in [0.5, 0.6) is 0 Å². The van der Waals surface area contributed by atoms with Crippen molar-refractivity contribution in [2.75, 3.05) is 52.9 Å². The SMILES string of the molecule is CN1CCCC(N2CCN(CC(=O)O)CC2)C1. The van der Waals surface area contributed by atoms with Gasteiger partial charge in [-0.1, -0.05) is 0 Å². The molecule has 2 heterocycles. The molecule has 0 bridgehead atoms. The third-order valence-corrected chi connectivity index (χ3v) is 3.88. The molecule has 1 unspecified atom stereocenters. The molecule has 2 aliphatic heterocycles. The Kier molecular flexibility index (Phi) is 4.36. The highest BCUT2D eigenvalue weighted by Crippen LogP contribution is 2.16. The van der Waals surface area contributed by atoms with Gasteiger partial charge < -0.3 is 10.0 Å². The highest BCUT2D eigenvalue weighted by Gasteiger charge is 2.27. The van der Waals surface area contributed by atoms with Gasteiger partial charge in [0.05, 0.1) is 6.54 Å². The largest absolute Gasteiger partial charge is 0.480 e. The summed E-state index contributed by atoms with van der Waals surface area (Å²) in [5.74, 6) is -0.712. The van der Waals surface area contributed by atoms with Crippen molar-refractivity contribution in [1.82, 2.24) is 14.7 Å². The second-order valence-electron chi connectivity index (χ2n) is 5.26. The molecule has 0 radical (unpaired) electrons. The van der Waals surface area contributed by atoms with Crippen molar-refractivity contribution in [3.8, 4) is 0 Å². The number of rotatable bonds is 3. The van der Waals surface area contributed by atoms with Crippen LogP contribution in [0.1, 0.15) is 12.8 Å². The fourth-order valence-electron chi connectivity index (χ4n) is 2.92. The Hall–Kier alpha value is -0.650. The number of piperidine rings is 1. The lowest BCUT2D eigenvalue weighted by atomic mass is 10.0. The topological polar surface area (TPSA) is 47.0 Å². The molecule has 17 heavy (non-hydrogen) atoms. The van der Waals surface area contributed by atoms with Gasteiger partial charge in [0, 0.05) is 38.8 Å². The summed E-state index contributed by atoms with van der Waals surface area (Å²) in [6.07, 6.45) is 2.58. The maximum absolute atomic E-state index is 10.6. The van der Waals surface area contributed by atoms with Crippen molar-refractivity contribution in [3.05, 3.63) is 0 Å². The summed E-state index contributed by atoms with van der Waals surface area (Å²) in [6, 6.07) is 0.681. The lowest BCUT2D eigenvalue weighted by Crippen LogP contribution is -2.55. The minimum atomic E-state index is -0.712. The Bertz CT molecular complexity index is 264. The number of carbonyl (C=O) groups is 1. The van der Waals surface area contributed by atoms with Crippen molar-refractivity contribution < 1.29 is 9.90 Å². The summed E-state index contributed by atoms with van der Waals surface area (Å²) in [5, 5.41) is 8.75. The van der Waals surface area contributed by atoms with E-state index in [1.54, 1.807) is 0 Å². The monoisotopic (exact) mass is 241 g/mol. The van der Waals surface area contributed by atoms with E-state index in [1.807, 2.05) is 4.90 Å². The molecule has 5 heteroatoms. The number of hydrogen-bond donors (Lipinski definition) is 1. The fourth-order valence-corrected chi connectivity index (χ4v) is 2.92. The van der Waals surface area contributed by atoms with E-state index in [9.17, 15) is 4.79 Å². The van der Waals surface area contributed by atoms with Gasteiger partial charge in [-0.25, -0.2) is 0 Å². The van der Waals surface area contributed by atoms with Crippen LogP contribution in [0.15, 0.2) is 0 Å². The van der Waals surface area contributed by atoms with E-state index in [0.29, 0.717) is 6.04 Å². The number of aliphatic carboxylic acids is 1. The Morgan fingerprint density at radius 2 is 1.94 bits per heavy atom. The van der Waals surface area contributed by atoms with Gasteiger partial charge in [-0.05, 0) is 26.4 Å². The van der Waals surface area contributed by atoms with Gasteiger partial charge in [0.15, 0.2) is 0 Å². The maximum atomic E-state index is 10.6. The van der Waals surface area contributed by atoms with Gasteiger partial charge in [-0.3, -0.25) is 14.6 Å². The van der Waals surface area contributed by atoms with Crippen LogP contribution in [0.2, 0.25) is 0 Å². The first-order valence-electron chi connectivity index (χ1n) is 6.52. The third kappa shape index (κ3) is 3.66. The average Bonchev–Trinajstić information content (AvgIpc) is 2.29. The molecule has 2 fully saturated rings. The van der Waals surface area contributed by atoms with Crippen LogP contribution in [0.4, 0.5) is 0 Å². The predicted octanol–water partition coefficient (Wildman–Crippen LogP) is -0.217. The summed E-state index contributed by atoms with van der Waals surface area (Å²) in [4.78, 5) is 17.6. The predicted molar refractivity (Wildman–Crippen MR) is 66.2 cm³/mol. The first-order valence-corrected chi connectivity index (χ1v) is 6.52. The fraction of sp³-hybridized carbons (Fsp3) is 0.917. The normalized spacial score (nSPS) is 29.4. The molecular weight excluding hydrogens is 218 g/mol. The molecule has 0 aromatic heterocycles. The number of likely N-dealkylation sites (tertiary alicyclic amines) is 1. The molecule has 98 valence electrons. The molecule has 0 aromatic rings. The van der Waals surface area contributed by atoms with Gasteiger partial charge in [-0.15, -0.1) is 0 Å². The van der Waals surface area contributed by atoms with Gasteiger partial charge in [0.25, 0.3) is 0 Å². The number of piperazine rings is 1. The molecule has 0 aliphatic carbocycles. The van der Waals surface area contributed by atoms with Crippen molar-refractivity contribution in [2.24, 2.45) is 0 Å². The molecular formula is C12H23N3O2. The smallest absolute Gasteiger partial charge is 0.317 e. The second kappa shape index (κ2) is 5.80. The van der Waals surface area contributed by atoms with Crippen LogP contribution in [0.3, 0.4) is 0 Å². The van der Waals surface area contributed by atoms with E-state index in [4.69, 9.17) is 5.11 Å². The van der Waals surface area contributed by atoms with E-state index < -0.39 is 5.97 Å². The molecule has 1 N–H and O–H groups in total. The van der Waals surface area contributed by atoms with Gasteiger partial charge in [-0.2, -0.15) is 0 Å². The number of hydrogen-bond acceptors (Lipinski definition) is 4. The molecule has 2 rings (SSSR count). The lowest BCUT2D eigenvalue weighted by Gasteiger charge is -2.42. The lowest BCUT2D eigenvalue weighted by molar-refractivity contribution is -0.138. The molecule has 0 spiro atoms. The summed E-state index contributed by atoms with van der Waals surface area (Å²) >= 11 is 0. The summed E-state index contributed by atoms with van der Waals surface area (Å²) in [6.45, 7) is 6.41. The van der Waals surface area contributed by atoms with Crippen LogP contribution < -0.4 is 0 Å². The second-order valence-corrected chi connectivity index (χ2v) is 5.26. The molecule has 1 atom stereocenters. The zero-order valence-corrected chi connectivity index (χ0v) is 10.6. The Balaban J connectivity index is 1.76. The average molecular weight is 241 g/mol. The Morgan fingerprint density at radius 1 is 1.24 bits per heavy atom. The maximum Gasteiger partial charge on any atom is 0.317 e. The third-order valence-electron chi connectivity index (χ3n) is 3.88. The van der Waals surface area contributed by atoms with Gasteiger partial charge >= 0.3 is 5.97 Å². The standard InChI is InChI=1S/C12H23N3O2/c1-13-4-2-3-11(9-13)15-7-5-14(6-8-15)10-12(16)17/h11H,2-10H2,1H3,(H,16,17). The van der Waals surface area contributed by atoms with Crippen molar-refractivity contribution in [3.63, 3.8) is 0 Å². The van der Waals surface area contributed by atoms with Crippen LogP contribution in [0.25, 0.3) is 0 Å². The van der Waals surface area contributed by atoms with Gasteiger partial charge in [0.1, 0.15) is 0 Å². The van der Waals surface area contributed by atoms with E-state index in [-0.39, 0.29) is 6.54 Å².